The lowest BCUT2D eigenvalue weighted by Gasteiger charge is -2.06. The van der Waals surface area contributed by atoms with Gasteiger partial charge < -0.3 is 19.6 Å². The molecule has 2 aromatic carbocycles. The third-order valence-electron chi connectivity index (χ3n) is 3.25. The molecular weight excluding hydrogens is 349 g/mol. The molecule has 5 nitrogen and oxygen atoms in total. The molecule has 0 spiro atoms. The van der Waals surface area contributed by atoms with Crippen molar-refractivity contribution in [3.8, 4) is 11.5 Å². The predicted octanol–water partition coefficient (Wildman–Crippen LogP) is 4.61. The van der Waals surface area contributed by atoms with Crippen LogP contribution in [-0.2, 0) is 6.61 Å². The maximum absolute atomic E-state index is 13.0. The summed E-state index contributed by atoms with van der Waals surface area (Å²) in [5.41, 5.74) is 0.442. The number of carbonyl (C=O) groups is 1. The molecule has 7 heteroatoms. The van der Waals surface area contributed by atoms with Crippen LogP contribution in [0.5, 0.6) is 11.5 Å². The second kappa shape index (κ2) is 7.27. The monoisotopic (exact) mass is 361 g/mol. The second-order valence-corrected chi connectivity index (χ2v) is 5.54. The first-order valence-electron chi connectivity index (χ1n) is 7.28. The molecule has 3 aromatic rings. The van der Waals surface area contributed by atoms with E-state index in [1.807, 2.05) is 0 Å². The number of anilines is 1. The van der Waals surface area contributed by atoms with Crippen LogP contribution in [0.25, 0.3) is 0 Å². The molecule has 2 N–H and O–H groups in total. The summed E-state index contributed by atoms with van der Waals surface area (Å²) in [6.07, 6.45) is 0. The van der Waals surface area contributed by atoms with Gasteiger partial charge in [-0.25, -0.2) is 4.39 Å². The summed E-state index contributed by atoms with van der Waals surface area (Å²) >= 11 is 5.87. The van der Waals surface area contributed by atoms with Gasteiger partial charge >= 0.3 is 0 Å². The van der Waals surface area contributed by atoms with E-state index in [0.717, 1.165) is 6.07 Å². The predicted molar refractivity (Wildman–Crippen MR) is 90.5 cm³/mol. The molecule has 0 bridgehead atoms. The summed E-state index contributed by atoms with van der Waals surface area (Å²) in [5.74, 6) is -0.0701. The molecular formula is C18H13ClFNO4. The van der Waals surface area contributed by atoms with Gasteiger partial charge in [-0.3, -0.25) is 4.79 Å². The molecule has 0 unspecified atom stereocenters. The maximum atomic E-state index is 13.0. The number of phenols is 1. The minimum absolute atomic E-state index is 0.0325. The van der Waals surface area contributed by atoms with Crippen molar-refractivity contribution in [3.63, 3.8) is 0 Å². The van der Waals surface area contributed by atoms with E-state index in [-0.39, 0.29) is 23.1 Å². The fourth-order valence-electron chi connectivity index (χ4n) is 2.10. The summed E-state index contributed by atoms with van der Waals surface area (Å²) in [7, 11) is 0. The van der Waals surface area contributed by atoms with Crippen LogP contribution in [0.2, 0.25) is 5.02 Å². The third kappa shape index (κ3) is 4.30. The number of ether oxygens (including phenoxy) is 1. The zero-order valence-electron chi connectivity index (χ0n) is 12.8. The number of nitrogens with one attached hydrogen (secondary N) is 1. The number of benzene rings is 2. The van der Waals surface area contributed by atoms with Crippen LogP contribution in [-0.4, -0.2) is 11.0 Å². The van der Waals surface area contributed by atoms with Crippen LogP contribution in [0.3, 0.4) is 0 Å². The standard InChI is InChI=1S/C18H13ClFNO4/c19-15-8-11(20)4-6-16(15)24-10-14-5-7-17(25-14)18(23)21-12-2-1-3-13(22)9-12/h1-9,22H,10H2,(H,21,23). The van der Waals surface area contributed by atoms with E-state index < -0.39 is 11.7 Å². The van der Waals surface area contributed by atoms with Crippen molar-refractivity contribution < 1.29 is 23.4 Å². The number of halogens is 2. The van der Waals surface area contributed by atoms with Gasteiger partial charge in [-0.2, -0.15) is 0 Å². The molecule has 0 fully saturated rings. The Balaban J connectivity index is 1.62. The fraction of sp³-hybridized carbons (Fsp3) is 0.0556. The maximum Gasteiger partial charge on any atom is 0.291 e. The first-order valence-corrected chi connectivity index (χ1v) is 7.66. The summed E-state index contributed by atoms with van der Waals surface area (Å²) in [4.78, 5) is 12.1. The average molecular weight is 362 g/mol. The van der Waals surface area contributed by atoms with Gasteiger partial charge in [0.2, 0.25) is 0 Å². The second-order valence-electron chi connectivity index (χ2n) is 5.13. The van der Waals surface area contributed by atoms with Gasteiger partial charge in [0.05, 0.1) is 5.02 Å². The molecule has 0 aliphatic rings. The smallest absolute Gasteiger partial charge is 0.291 e. The Morgan fingerprint density at radius 3 is 2.80 bits per heavy atom. The first kappa shape index (κ1) is 16.9. The molecule has 0 aliphatic heterocycles. The Morgan fingerprint density at radius 1 is 1.20 bits per heavy atom. The van der Waals surface area contributed by atoms with Crippen molar-refractivity contribution >= 4 is 23.2 Å². The molecule has 1 heterocycles. The van der Waals surface area contributed by atoms with Crippen LogP contribution >= 0.6 is 11.6 Å². The van der Waals surface area contributed by atoms with E-state index in [1.165, 1.54) is 30.3 Å². The normalized spacial score (nSPS) is 10.5. The molecule has 0 atom stereocenters. The number of amides is 1. The summed E-state index contributed by atoms with van der Waals surface area (Å²) in [5, 5.41) is 12.1. The first-order chi connectivity index (χ1) is 12.0. The van der Waals surface area contributed by atoms with E-state index in [9.17, 15) is 14.3 Å². The van der Waals surface area contributed by atoms with Gasteiger partial charge in [-0.05, 0) is 42.5 Å². The van der Waals surface area contributed by atoms with E-state index >= 15 is 0 Å². The van der Waals surface area contributed by atoms with E-state index in [2.05, 4.69) is 5.32 Å². The zero-order chi connectivity index (χ0) is 17.8. The van der Waals surface area contributed by atoms with Gasteiger partial charge in [-0.1, -0.05) is 17.7 Å². The average Bonchev–Trinajstić information content (AvgIpc) is 3.03. The molecule has 3 rings (SSSR count). The highest BCUT2D eigenvalue weighted by atomic mass is 35.5. The molecule has 0 saturated heterocycles. The van der Waals surface area contributed by atoms with Crippen molar-refractivity contribution in [1.29, 1.82) is 0 Å². The fourth-order valence-corrected chi connectivity index (χ4v) is 2.32. The molecule has 0 saturated carbocycles. The highest BCUT2D eigenvalue weighted by Gasteiger charge is 2.13. The van der Waals surface area contributed by atoms with Crippen molar-refractivity contribution in [2.24, 2.45) is 0 Å². The molecule has 1 amide bonds. The Kier molecular flexibility index (Phi) is 4.90. The number of furan rings is 1. The van der Waals surface area contributed by atoms with Crippen LogP contribution < -0.4 is 10.1 Å². The summed E-state index contributed by atoms with van der Waals surface area (Å²) in [6, 6.07) is 13.1. The van der Waals surface area contributed by atoms with Crippen LogP contribution in [0.1, 0.15) is 16.3 Å². The van der Waals surface area contributed by atoms with Crippen molar-refractivity contribution in [3.05, 3.63) is 77.0 Å². The Morgan fingerprint density at radius 2 is 2.04 bits per heavy atom. The Bertz CT molecular complexity index is 910. The minimum atomic E-state index is -0.461. The quantitative estimate of drug-likeness (QED) is 0.696. The molecule has 1 aromatic heterocycles. The van der Waals surface area contributed by atoms with E-state index in [1.54, 1.807) is 18.2 Å². The lowest BCUT2D eigenvalue weighted by molar-refractivity contribution is 0.0992. The van der Waals surface area contributed by atoms with Gasteiger partial charge in [0.1, 0.15) is 29.7 Å². The van der Waals surface area contributed by atoms with Gasteiger partial charge in [0, 0.05) is 11.8 Å². The Labute approximate surface area is 147 Å². The van der Waals surface area contributed by atoms with Crippen molar-refractivity contribution in [1.82, 2.24) is 0 Å². The highest BCUT2D eigenvalue weighted by molar-refractivity contribution is 6.32. The van der Waals surface area contributed by atoms with E-state index in [4.69, 9.17) is 20.8 Å². The van der Waals surface area contributed by atoms with Gasteiger partial charge in [0.15, 0.2) is 5.76 Å². The van der Waals surface area contributed by atoms with Crippen LogP contribution in [0.15, 0.2) is 59.0 Å². The summed E-state index contributed by atoms with van der Waals surface area (Å²) < 4.78 is 23.9. The number of aromatic hydroxyl groups is 1. The van der Waals surface area contributed by atoms with Gasteiger partial charge in [-0.15, -0.1) is 0 Å². The molecule has 25 heavy (non-hydrogen) atoms. The number of hydrogen-bond donors (Lipinski definition) is 2. The number of carbonyl (C=O) groups excluding carboxylic acids is 1. The highest BCUT2D eigenvalue weighted by Crippen LogP contribution is 2.26. The topological polar surface area (TPSA) is 71.7 Å². The third-order valence-corrected chi connectivity index (χ3v) is 3.55. The lowest BCUT2D eigenvalue weighted by Crippen LogP contribution is -2.10. The minimum Gasteiger partial charge on any atom is -0.508 e. The SMILES string of the molecule is O=C(Nc1cccc(O)c1)c1ccc(COc2ccc(F)cc2Cl)o1. The largest absolute Gasteiger partial charge is 0.508 e. The van der Waals surface area contributed by atoms with Gasteiger partial charge in [0.25, 0.3) is 5.91 Å². The zero-order valence-corrected chi connectivity index (χ0v) is 13.6. The molecule has 128 valence electrons. The molecule has 0 aliphatic carbocycles. The number of phenolic OH excluding ortho intramolecular Hbond substituents is 1. The summed E-state index contributed by atoms with van der Waals surface area (Å²) in [6.45, 7) is 0.0325. The van der Waals surface area contributed by atoms with Crippen molar-refractivity contribution in [2.75, 3.05) is 5.32 Å². The lowest BCUT2D eigenvalue weighted by atomic mass is 10.3. The molecule has 0 radical (unpaired) electrons. The van der Waals surface area contributed by atoms with Crippen LogP contribution in [0.4, 0.5) is 10.1 Å². The number of rotatable bonds is 5. The van der Waals surface area contributed by atoms with Crippen molar-refractivity contribution in [2.45, 2.75) is 6.61 Å². The van der Waals surface area contributed by atoms with E-state index in [0.29, 0.717) is 17.2 Å². The Hall–Kier alpha value is -2.99. The van der Waals surface area contributed by atoms with Crippen LogP contribution in [0, 0.1) is 5.82 Å². The number of hydrogen-bond acceptors (Lipinski definition) is 4.